The molecule has 0 saturated carbocycles. The van der Waals surface area contributed by atoms with E-state index in [9.17, 15) is 4.79 Å². The maximum Gasteiger partial charge on any atom is 0.227 e. The first kappa shape index (κ1) is 17.3. The van der Waals surface area contributed by atoms with Crippen molar-refractivity contribution in [2.75, 3.05) is 38.2 Å². The lowest BCUT2D eigenvalue weighted by atomic mass is 10.1. The lowest BCUT2D eigenvalue weighted by Crippen LogP contribution is -2.49. The molecule has 27 heavy (non-hydrogen) atoms. The van der Waals surface area contributed by atoms with E-state index >= 15 is 0 Å². The van der Waals surface area contributed by atoms with Gasteiger partial charge in [-0.05, 0) is 35.9 Å². The van der Waals surface area contributed by atoms with Crippen LogP contribution in [0.1, 0.15) is 5.56 Å². The molecule has 4 rings (SSSR count). The molecule has 0 N–H and O–H groups in total. The van der Waals surface area contributed by atoms with Crippen LogP contribution in [-0.4, -0.2) is 49.1 Å². The average Bonchev–Trinajstić information content (AvgIpc) is 2.74. The summed E-state index contributed by atoms with van der Waals surface area (Å²) in [6.07, 6.45) is 2.18. The SMILES string of the molecule is COc1ccc(N2CCN(C(=O)Cc3cccc4cccnc34)CC2)cc1. The van der Waals surface area contributed by atoms with E-state index in [-0.39, 0.29) is 5.91 Å². The van der Waals surface area contributed by atoms with Crippen LogP contribution in [0.3, 0.4) is 0 Å². The third-order valence-corrected chi connectivity index (χ3v) is 5.13. The molecule has 1 aliphatic rings. The molecule has 0 unspecified atom stereocenters. The Balaban J connectivity index is 1.39. The van der Waals surface area contributed by atoms with E-state index in [1.165, 1.54) is 5.69 Å². The number of pyridine rings is 1. The number of ether oxygens (including phenoxy) is 1. The lowest BCUT2D eigenvalue weighted by Gasteiger charge is -2.36. The quantitative estimate of drug-likeness (QED) is 0.716. The molecule has 2 aromatic carbocycles. The van der Waals surface area contributed by atoms with E-state index in [1.807, 2.05) is 47.4 Å². The third-order valence-electron chi connectivity index (χ3n) is 5.13. The number of carbonyl (C=O) groups excluding carboxylic acids is 1. The topological polar surface area (TPSA) is 45.7 Å². The molecule has 0 bridgehead atoms. The molecular weight excluding hydrogens is 338 g/mol. The van der Waals surface area contributed by atoms with Crippen molar-refractivity contribution in [3.63, 3.8) is 0 Å². The molecule has 0 radical (unpaired) electrons. The Hall–Kier alpha value is -3.08. The lowest BCUT2D eigenvalue weighted by molar-refractivity contribution is -0.130. The van der Waals surface area contributed by atoms with Crippen molar-refractivity contribution in [3.8, 4) is 5.75 Å². The van der Waals surface area contributed by atoms with Gasteiger partial charge in [-0.1, -0.05) is 24.3 Å². The van der Waals surface area contributed by atoms with Gasteiger partial charge < -0.3 is 14.5 Å². The van der Waals surface area contributed by atoms with Gasteiger partial charge in [0.05, 0.1) is 19.0 Å². The molecule has 0 aliphatic carbocycles. The van der Waals surface area contributed by atoms with Crippen LogP contribution in [0.25, 0.3) is 10.9 Å². The second-order valence-electron chi connectivity index (χ2n) is 6.73. The van der Waals surface area contributed by atoms with Gasteiger partial charge in [0.15, 0.2) is 0 Å². The van der Waals surface area contributed by atoms with Crippen molar-refractivity contribution >= 4 is 22.5 Å². The minimum atomic E-state index is 0.169. The fraction of sp³-hybridized carbons (Fsp3) is 0.273. The molecule has 0 spiro atoms. The highest BCUT2D eigenvalue weighted by Gasteiger charge is 2.22. The molecule has 1 amide bonds. The molecular formula is C22H23N3O2. The van der Waals surface area contributed by atoms with Gasteiger partial charge in [0.25, 0.3) is 0 Å². The molecule has 138 valence electrons. The fourth-order valence-electron chi connectivity index (χ4n) is 3.59. The van der Waals surface area contributed by atoms with E-state index in [1.54, 1.807) is 13.3 Å². The minimum Gasteiger partial charge on any atom is -0.497 e. The van der Waals surface area contributed by atoms with Crippen molar-refractivity contribution in [2.45, 2.75) is 6.42 Å². The third kappa shape index (κ3) is 3.72. The van der Waals surface area contributed by atoms with Gasteiger partial charge in [0, 0.05) is 43.4 Å². The normalized spacial score (nSPS) is 14.4. The highest BCUT2D eigenvalue weighted by atomic mass is 16.5. The van der Waals surface area contributed by atoms with Gasteiger partial charge in [0.1, 0.15) is 5.75 Å². The molecule has 1 aliphatic heterocycles. The van der Waals surface area contributed by atoms with Crippen LogP contribution in [0.15, 0.2) is 60.8 Å². The van der Waals surface area contributed by atoms with Crippen LogP contribution in [0.4, 0.5) is 5.69 Å². The zero-order valence-electron chi connectivity index (χ0n) is 15.5. The average molecular weight is 361 g/mol. The summed E-state index contributed by atoms with van der Waals surface area (Å²) < 4.78 is 5.22. The maximum absolute atomic E-state index is 12.8. The van der Waals surface area contributed by atoms with Gasteiger partial charge >= 0.3 is 0 Å². The smallest absolute Gasteiger partial charge is 0.227 e. The fourth-order valence-corrected chi connectivity index (χ4v) is 3.59. The van der Waals surface area contributed by atoms with E-state index in [0.29, 0.717) is 6.42 Å². The highest BCUT2D eigenvalue weighted by Crippen LogP contribution is 2.21. The van der Waals surface area contributed by atoms with Crippen LogP contribution in [0.5, 0.6) is 5.75 Å². The number of rotatable bonds is 4. The first-order chi connectivity index (χ1) is 13.2. The van der Waals surface area contributed by atoms with E-state index in [0.717, 1.165) is 48.4 Å². The number of fused-ring (bicyclic) bond motifs is 1. The molecule has 3 aromatic rings. The van der Waals surface area contributed by atoms with E-state index in [2.05, 4.69) is 22.0 Å². The summed E-state index contributed by atoms with van der Waals surface area (Å²) in [4.78, 5) is 21.5. The van der Waals surface area contributed by atoms with Gasteiger partial charge in [-0.25, -0.2) is 0 Å². The van der Waals surface area contributed by atoms with Gasteiger partial charge in [-0.3, -0.25) is 9.78 Å². The summed E-state index contributed by atoms with van der Waals surface area (Å²) >= 11 is 0. The van der Waals surface area contributed by atoms with Crippen molar-refractivity contribution in [3.05, 3.63) is 66.4 Å². The Morgan fingerprint density at radius 2 is 1.74 bits per heavy atom. The van der Waals surface area contributed by atoms with Crippen LogP contribution in [0.2, 0.25) is 0 Å². The summed E-state index contributed by atoms with van der Waals surface area (Å²) in [6, 6.07) is 18.1. The van der Waals surface area contributed by atoms with Gasteiger partial charge in [0.2, 0.25) is 5.91 Å². The molecule has 2 heterocycles. The Morgan fingerprint density at radius 3 is 2.48 bits per heavy atom. The number of hydrogen-bond acceptors (Lipinski definition) is 4. The predicted octanol–water partition coefficient (Wildman–Crippen LogP) is 3.13. The summed E-state index contributed by atoms with van der Waals surface area (Å²) in [5.41, 5.74) is 3.09. The van der Waals surface area contributed by atoms with Gasteiger partial charge in [-0.2, -0.15) is 0 Å². The maximum atomic E-state index is 12.8. The Morgan fingerprint density at radius 1 is 1.00 bits per heavy atom. The second kappa shape index (κ2) is 7.66. The molecule has 0 atom stereocenters. The first-order valence-corrected chi connectivity index (χ1v) is 9.24. The number of amides is 1. The zero-order valence-corrected chi connectivity index (χ0v) is 15.5. The zero-order chi connectivity index (χ0) is 18.6. The van der Waals surface area contributed by atoms with Crippen molar-refractivity contribution in [1.82, 2.24) is 9.88 Å². The number of para-hydroxylation sites is 1. The number of anilines is 1. The predicted molar refractivity (Wildman–Crippen MR) is 107 cm³/mol. The Kier molecular flexibility index (Phi) is 4.92. The second-order valence-corrected chi connectivity index (χ2v) is 6.73. The number of benzene rings is 2. The summed E-state index contributed by atoms with van der Waals surface area (Å²) in [6.45, 7) is 3.16. The molecule has 5 nitrogen and oxygen atoms in total. The largest absolute Gasteiger partial charge is 0.497 e. The number of carbonyl (C=O) groups is 1. The van der Waals surface area contributed by atoms with Crippen LogP contribution in [-0.2, 0) is 11.2 Å². The number of methoxy groups -OCH3 is 1. The summed E-state index contributed by atoms with van der Waals surface area (Å²) in [5, 5.41) is 1.08. The molecule has 1 saturated heterocycles. The van der Waals surface area contributed by atoms with Crippen molar-refractivity contribution in [1.29, 1.82) is 0 Å². The number of piperazine rings is 1. The standard InChI is InChI=1S/C22H23N3O2/c1-27-20-9-7-19(8-10-20)24-12-14-25(15-13-24)21(26)16-18-5-2-4-17-6-3-11-23-22(17)18/h2-11H,12-16H2,1H3. The first-order valence-electron chi connectivity index (χ1n) is 9.24. The number of hydrogen-bond donors (Lipinski definition) is 0. The molecule has 5 heteroatoms. The Labute approximate surface area is 159 Å². The molecule has 1 fully saturated rings. The van der Waals surface area contributed by atoms with Crippen LogP contribution in [0, 0.1) is 0 Å². The monoisotopic (exact) mass is 361 g/mol. The number of nitrogens with zero attached hydrogens (tertiary/aromatic N) is 3. The van der Waals surface area contributed by atoms with Crippen LogP contribution >= 0.6 is 0 Å². The molecule has 1 aromatic heterocycles. The highest BCUT2D eigenvalue weighted by molar-refractivity contribution is 5.87. The Bertz CT molecular complexity index is 926. The van der Waals surface area contributed by atoms with E-state index in [4.69, 9.17) is 4.74 Å². The summed E-state index contributed by atoms with van der Waals surface area (Å²) in [7, 11) is 1.67. The number of aromatic nitrogens is 1. The van der Waals surface area contributed by atoms with Gasteiger partial charge in [-0.15, -0.1) is 0 Å². The van der Waals surface area contributed by atoms with Crippen LogP contribution < -0.4 is 9.64 Å². The van der Waals surface area contributed by atoms with E-state index < -0.39 is 0 Å². The minimum absolute atomic E-state index is 0.169. The van der Waals surface area contributed by atoms with Crippen molar-refractivity contribution in [2.24, 2.45) is 0 Å². The van der Waals surface area contributed by atoms with Crippen molar-refractivity contribution < 1.29 is 9.53 Å². The summed E-state index contributed by atoms with van der Waals surface area (Å²) in [5.74, 6) is 1.03.